The van der Waals surface area contributed by atoms with E-state index in [0.29, 0.717) is 13.1 Å². The second kappa shape index (κ2) is 17.3. The molecule has 4 aromatic carbocycles. The Bertz CT molecular complexity index is 2590. The highest BCUT2D eigenvalue weighted by molar-refractivity contribution is 5.63. The van der Waals surface area contributed by atoms with E-state index in [2.05, 4.69) is 113 Å². The topological polar surface area (TPSA) is 104 Å². The number of aryl methyl sites for hydroxylation is 1. The molecule has 0 spiro atoms. The molecule has 5 heterocycles. The van der Waals surface area contributed by atoms with Crippen LogP contribution in [0.2, 0.25) is 0 Å². The molecule has 0 bridgehead atoms. The maximum atomic E-state index is 12.4. The molecule has 0 fully saturated rings. The van der Waals surface area contributed by atoms with Crippen LogP contribution in [0.15, 0.2) is 168 Å². The molecule has 0 saturated carbocycles. The van der Waals surface area contributed by atoms with E-state index >= 15 is 0 Å². The number of aromatic nitrogens is 3. The lowest BCUT2D eigenvalue weighted by Crippen LogP contribution is -2.39. The Kier molecular flexibility index (Phi) is 11.4. The number of pyridine rings is 3. The van der Waals surface area contributed by atoms with Crippen molar-refractivity contribution in [3.05, 3.63) is 218 Å². The highest BCUT2D eigenvalue weighted by Crippen LogP contribution is 2.35. The third-order valence-electron chi connectivity index (χ3n) is 11.2. The van der Waals surface area contributed by atoms with Gasteiger partial charge in [-0.15, -0.1) is 0 Å². The minimum atomic E-state index is -0.344. The molecule has 2 N–H and O–H groups in total. The predicted octanol–water partition coefficient (Wildman–Crippen LogP) is 8.09. The maximum Gasteiger partial charge on any atom is 0.223 e. The molecule has 0 aliphatic carbocycles. The first-order chi connectivity index (χ1) is 28.3. The van der Waals surface area contributed by atoms with Crippen molar-refractivity contribution in [3.8, 4) is 22.6 Å². The van der Waals surface area contributed by atoms with Crippen LogP contribution in [-0.2, 0) is 39.1 Å². The Balaban J connectivity index is 0.000000168. The van der Waals surface area contributed by atoms with Gasteiger partial charge in [-0.25, -0.2) is 0 Å². The van der Waals surface area contributed by atoms with E-state index in [1.807, 2.05) is 45.7 Å². The summed E-state index contributed by atoms with van der Waals surface area (Å²) in [6.07, 6.45) is 7.79. The van der Waals surface area contributed by atoms with Gasteiger partial charge in [-0.1, -0.05) is 116 Å². The Morgan fingerprint density at radius 1 is 0.621 bits per heavy atom. The fourth-order valence-corrected chi connectivity index (χ4v) is 8.15. The van der Waals surface area contributed by atoms with Gasteiger partial charge in [0.1, 0.15) is 0 Å². The summed E-state index contributed by atoms with van der Waals surface area (Å²) in [5, 5.41) is 19.8. The molecule has 3 aromatic heterocycles. The van der Waals surface area contributed by atoms with Crippen LogP contribution in [0.25, 0.3) is 11.1 Å². The smallest absolute Gasteiger partial charge is 0.223 e. The lowest BCUT2D eigenvalue weighted by molar-refractivity contribution is 0.129. The molecular formula is C49H47N5O4. The molecular weight excluding hydrogens is 723 g/mol. The van der Waals surface area contributed by atoms with Crippen molar-refractivity contribution in [1.82, 2.24) is 23.9 Å². The monoisotopic (exact) mass is 769 g/mol. The van der Waals surface area contributed by atoms with Gasteiger partial charge in [-0.05, 0) is 57.5 Å². The number of fused-ring (bicyclic) bond motifs is 2. The molecule has 9 nitrogen and oxygen atoms in total. The van der Waals surface area contributed by atoms with Gasteiger partial charge in [-0.2, -0.15) is 0 Å². The van der Waals surface area contributed by atoms with Crippen molar-refractivity contribution in [1.29, 1.82) is 0 Å². The summed E-state index contributed by atoms with van der Waals surface area (Å²) in [4.78, 5) is 33.3. The van der Waals surface area contributed by atoms with Crippen LogP contribution in [0.3, 0.4) is 0 Å². The summed E-state index contributed by atoms with van der Waals surface area (Å²) in [5.74, 6) is -0.391. The van der Waals surface area contributed by atoms with Crippen molar-refractivity contribution < 1.29 is 10.2 Å². The maximum absolute atomic E-state index is 12.4. The van der Waals surface area contributed by atoms with Gasteiger partial charge < -0.3 is 19.3 Å². The van der Waals surface area contributed by atoms with Gasteiger partial charge in [0.2, 0.25) is 10.9 Å². The molecule has 2 atom stereocenters. The number of hydrogen-bond acceptors (Lipinski definition) is 7. The van der Waals surface area contributed by atoms with Gasteiger partial charge in [0.15, 0.2) is 11.5 Å². The highest BCUT2D eigenvalue weighted by Gasteiger charge is 2.30. The van der Waals surface area contributed by atoms with Crippen LogP contribution in [0, 0.1) is 0 Å². The van der Waals surface area contributed by atoms with E-state index in [0.717, 1.165) is 60.7 Å². The molecule has 0 amide bonds. The summed E-state index contributed by atoms with van der Waals surface area (Å²) in [6, 6.07) is 45.2. The van der Waals surface area contributed by atoms with Crippen molar-refractivity contribution in [2.24, 2.45) is 0 Å². The van der Waals surface area contributed by atoms with E-state index < -0.39 is 0 Å². The van der Waals surface area contributed by atoms with E-state index in [1.54, 1.807) is 30.7 Å². The van der Waals surface area contributed by atoms with Gasteiger partial charge in [-0.3, -0.25) is 24.4 Å². The van der Waals surface area contributed by atoms with E-state index in [1.165, 1.54) is 22.3 Å². The lowest BCUT2D eigenvalue weighted by Gasteiger charge is -2.38. The van der Waals surface area contributed by atoms with Crippen LogP contribution >= 0.6 is 0 Å². The number of nitrogens with zero attached hydrogens (tertiary/aromatic N) is 5. The molecule has 9 rings (SSSR count). The fourth-order valence-electron chi connectivity index (χ4n) is 8.15. The van der Waals surface area contributed by atoms with Gasteiger partial charge in [0, 0.05) is 75.2 Å². The number of aromatic hydroxyl groups is 2. The first-order valence-corrected chi connectivity index (χ1v) is 19.8. The summed E-state index contributed by atoms with van der Waals surface area (Å²) in [7, 11) is 0. The van der Waals surface area contributed by atoms with E-state index in [9.17, 15) is 19.8 Å². The van der Waals surface area contributed by atoms with Crippen LogP contribution < -0.4 is 10.9 Å². The molecule has 0 radical (unpaired) electrons. The Morgan fingerprint density at radius 3 is 1.98 bits per heavy atom. The summed E-state index contributed by atoms with van der Waals surface area (Å²) >= 11 is 0. The molecule has 292 valence electrons. The van der Waals surface area contributed by atoms with Crippen molar-refractivity contribution in [3.63, 3.8) is 0 Å². The average Bonchev–Trinajstić information content (AvgIpc) is 3.26. The third kappa shape index (κ3) is 8.56. The van der Waals surface area contributed by atoms with E-state index in [4.69, 9.17) is 0 Å². The molecule has 2 aliphatic heterocycles. The van der Waals surface area contributed by atoms with Crippen LogP contribution in [0.5, 0.6) is 11.5 Å². The fraction of sp³-hybridized carbons (Fsp3) is 0.204. The zero-order valence-corrected chi connectivity index (χ0v) is 32.6. The van der Waals surface area contributed by atoms with Crippen molar-refractivity contribution in [2.75, 3.05) is 6.54 Å². The average molecular weight is 770 g/mol. The highest BCUT2D eigenvalue weighted by atomic mass is 16.3. The normalized spacial score (nSPS) is 16.4. The largest absolute Gasteiger partial charge is 0.503 e. The second-order valence-electron chi connectivity index (χ2n) is 15.0. The van der Waals surface area contributed by atoms with Crippen molar-refractivity contribution >= 4 is 0 Å². The lowest BCUT2D eigenvalue weighted by atomic mass is 9.94. The van der Waals surface area contributed by atoms with Crippen LogP contribution in [-0.4, -0.2) is 40.7 Å². The number of benzene rings is 4. The quantitative estimate of drug-likeness (QED) is 0.161. The zero-order chi connectivity index (χ0) is 40.0. The number of rotatable bonds is 8. The SMILES string of the molecule is CCc1ccc(CN2CCn3cc(O)c(=O)cc3C2c2cccc(-c3cccnc3)c2)cc1.O=c1cc2n(cc1O)CC(c1ccccc1)N(Cc1ccccc1)C2. The van der Waals surface area contributed by atoms with Gasteiger partial charge in [0.05, 0.1) is 24.5 Å². The number of hydrogen-bond donors (Lipinski definition) is 2. The minimum absolute atomic E-state index is 0.102. The second-order valence-corrected chi connectivity index (χ2v) is 15.0. The van der Waals surface area contributed by atoms with Gasteiger partial charge in [0.25, 0.3) is 0 Å². The standard InChI is InChI=1S/C28H27N3O2.C21H20N2O2/c1-2-20-8-10-21(11-9-20)18-31-14-13-30-19-27(33)26(32)16-25(30)28(31)23-6-3-5-22(15-23)24-7-4-12-29-17-24;24-20-11-18-13-23(12-16-7-3-1-4-8-16)19(14-22(18)15-21(20)25)17-9-5-2-6-10-17/h3-12,15-17,19,28,33H,2,13-14,18H2,1H3;1-11,15,19,25H,12-14H2. The molecule has 2 aliphatic rings. The van der Waals surface area contributed by atoms with E-state index in [-0.39, 0.29) is 34.4 Å². The van der Waals surface area contributed by atoms with Gasteiger partial charge >= 0.3 is 0 Å². The third-order valence-corrected chi connectivity index (χ3v) is 11.2. The summed E-state index contributed by atoms with van der Waals surface area (Å²) in [5.41, 5.74) is 9.49. The summed E-state index contributed by atoms with van der Waals surface area (Å²) in [6.45, 7) is 6.66. The molecule has 7 aromatic rings. The summed E-state index contributed by atoms with van der Waals surface area (Å²) < 4.78 is 4.00. The Morgan fingerprint density at radius 2 is 1.26 bits per heavy atom. The minimum Gasteiger partial charge on any atom is -0.503 e. The van der Waals surface area contributed by atoms with Crippen molar-refractivity contribution in [2.45, 2.75) is 58.2 Å². The first kappa shape index (κ1) is 38.3. The van der Waals surface area contributed by atoms with Crippen LogP contribution in [0.4, 0.5) is 0 Å². The molecule has 2 unspecified atom stereocenters. The molecule has 58 heavy (non-hydrogen) atoms. The molecule has 0 saturated heterocycles. The Hall–Kier alpha value is -6.55. The first-order valence-electron chi connectivity index (χ1n) is 19.8. The zero-order valence-electron chi connectivity index (χ0n) is 32.6. The molecule has 9 heteroatoms. The van der Waals surface area contributed by atoms with Crippen LogP contribution in [0.1, 0.15) is 58.2 Å². The Labute approximate surface area is 338 Å². The predicted molar refractivity (Wildman–Crippen MR) is 227 cm³/mol.